The Labute approximate surface area is 170 Å². The molecule has 2 atom stereocenters. The molecule has 154 valence electrons. The van der Waals surface area contributed by atoms with Crippen LogP contribution in [0.4, 0.5) is 10.1 Å². The van der Waals surface area contributed by atoms with Gasteiger partial charge in [0, 0.05) is 11.8 Å². The van der Waals surface area contributed by atoms with E-state index in [0.29, 0.717) is 11.3 Å². The van der Waals surface area contributed by atoms with Crippen LogP contribution in [0.3, 0.4) is 0 Å². The highest BCUT2D eigenvalue weighted by atomic mass is 19.1. The van der Waals surface area contributed by atoms with E-state index in [2.05, 4.69) is 19.2 Å². The summed E-state index contributed by atoms with van der Waals surface area (Å²) in [6.07, 6.45) is 2.52. The molecule has 0 radical (unpaired) electrons. The molecule has 1 amide bonds. The number of rotatable bonds is 8. The summed E-state index contributed by atoms with van der Waals surface area (Å²) in [4.78, 5) is 24.4. The summed E-state index contributed by atoms with van der Waals surface area (Å²) in [6, 6.07) is 11.9. The molecule has 2 aromatic rings. The van der Waals surface area contributed by atoms with Gasteiger partial charge in [0.05, 0.1) is 7.11 Å². The fourth-order valence-electron chi connectivity index (χ4n) is 2.71. The van der Waals surface area contributed by atoms with Crippen molar-refractivity contribution in [3.8, 4) is 5.75 Å². The van der Waals surface area contributed by atoms with Gasteiger partial charge in [-0.15, -0.1) is 0 Å². The third-order valence-electron chi connectivity index (χ3n) is 4.61. The Hall–Kier alpha value is -3.15. The monoisotopic (exact) mass is 399 g/mol. The van der Waals surface area contributed by atoms with E-state index in [1.54, 1.807) is 6.07 Å². The number of carbonyl (C=O) groups is 2. The van der Waals surface area contributed by atoms with Gasteiger partial charge in [0.25, 0.3) is 5.91 Å². The lowest BCUT2D eigenvalue weighted by molar-refractivity contribution is -0.148. The van der Waals surface area contributed by atoms with Crippen LogP contribution in [0.1, 0.15) is 44.2 Å². The number of esters is 1. The summed E-state index contributed by atoms with van der Waals surface area (Å²) in [5.74, 6) is -1.24. The lowest BCUT2D eigenvalue weighted by Gasteiger charge is -2.17. The number of halogens is 1. The minimum Gasteiger partial charge on any atom is -0.494 e. The second-order valence-corrected chi connectivity index (χ2v) is 6.69. The molecule has 5 nitrogen and oxygen atoms in total. The molecule has 1 N–H and O–H groups in total. The molecule has 0 fully saturated rings. The van der Waals surface area contributed by atoms with Gasteiger partial charge in [0.2, 0.25) is 0 Å². The maximum atomic E-state index is 13.7. The Morgan fingerprint density at radius 2 is 1.90 bits per heavy atom. The van der Waals surface area contributed by atoms with Gasteiger partial charge < -0.3 is 14.8 Å². The highest BCUT2D eigenvalue weighted by Gasteiger charge is 2.18. The first-order valence-electron chi connectivity index (χ1n) is 9.47. The maximum absolute atomic E-state index is 13.7. The Balaban J connectivity index is 1.97. The first-order chi connectivity index (χ1) is 13.8. The smallest absolute Gasteiger partial charge is 0.331 e. The van der Waals surface area contributed by atoms with Crippen molar-refractivity contribution in [3.63, 3.8) is 0 Å². The van der Waals surface area contributed by atoms with E-state index in [0.717, 1.165) is 18.1 Å². The van der Waals surface area contributed by atoms with Gasteiger partial charge in [0.15, 0.2) is 17.7 Å². The first kappa shape index (κ1) is 22.1. The number of hydrogen-bond donors (Lipinski definition) is 1. The lowest BCUT2D eigenvalue weighted by atomic mass is 9.97. The fourth-order valence-corrected chi connectivity index (χ4v) is 2.71. The lowest BCUT2D eigenvalue weighted by Crippen LogP contribution is -2.29. The van der Waals surface area contributed by atoms with E-state index in [1.165, 1.54) is 32.2 Å². The second kappa shape index (κ2) is 10.4. The Morgan fingerprint density at radius 1 is 1.17 bits per heavy atom. The number of nitrogens with one attached hydrogen (secondary N) is 1. The predicted octanol–water partition coefficient (Wildman–Crippen LogP) is 4.93. The zero-order chi connectivity index (χ0) is 21.4. The van der Waals surface area contributed by atoms with Crippen molar-refractivity contribution in [2.45, 2.75) is 39.2 Å². The van der Waals surface area contributed by atoms with E-state index in [4.69, 9.17) is 9.47 Å². The molecule has 0 saturated heterocycles. The summed E-state index contributed by atoms with van der Waals surface area (Å²) in [6.45, 7) is 5.66. The summed E-state index contributed by atoms with van der Waals surface area (Å²) in [5, 5.41) is 2.82. The molecule has 0 heterocycles. The third kappa shape index (κ3) is 6.17. The van der Waals surface area contributed by atoms with Crippen LogP contribution in [-0.4, -0.2) is 25.1 Å². The molecular weight excluding hydrogens is 373 g/mol. The standard InChI is InChI=1S/C23H26FNO4/c1-5-15(2)18-8-6-7-9-20(18)25-23(27)16(3)29-22(26)13-11-17-10-12-21(28-4)19(24)14-17/h6-16H,5H2,1-4H3,(H,25,27)/b13-11+/t15-,16+/m1/s1. The number of methoxy groups -OCH3 is 1. The Kier molecular flexibility index (Phi) is 7.95. The topological polar surface area (TPSA) is 64.6 Å². The number of para-hydroxylation sites is 1. The zero-order valence-corrected chi connectivity index (χ0v) is 17.1. The zero-order valence-electron chi connectivity index (χ0n) is 17.1. The molecule has 0 aliphatic heterocycles. The normalized spacial score (nSPS) is 13.0. The molecule has 0 bridgehead atoms. The van der Waals surface area contributed by atoms with Crippen molar-refractivity contribution in [3.05, 3.63) is 65.5 Å². The van der Waals surface area contributed by atoms with Gasteiger partial charge in [-0.2, -0.15) is 0 Å². The molecular formula is C23H26FNO4. The highest BCUT2D eigenvalue weighted by molar-refractivity contribution is 5.97. The van der Waals surface area contributed by atoms with Crippen molar-refractivity contribution in [2.75, 3.05) is 12.4 Å². The number of hydrogen-bond acceptors (Lipinski definition) is 4. The minimum absolute atomic E-state index is 0.118. The predicted molar refractivity (Wildman–Crippen MR) is 111 cm³/mol. The molecule has 0 unspecified atom stereocenters. The van der Waals surface area contributed by atoms with Crippen LogP contribution >= 0.6 is 0 Å². The number of benzene rings is 2. The number of amides is 1. The van der Waals surface area contributed by atoms with Crippen molar-refractivity contribution in [2.24, 2.45) is 0 Å². The summed E-state index contributed by atoms with van der Waals surface area (Å²) < 4.78 is 23.7. The number of anilines is 1. The fraction of sp³-hybridized carbons (Fsp3) is 0.304. The van der Waals surface area contributed by atoms with E-state index < -0.39 is 23.8 Å². The van der Waals surface area contributed by atoms with Gasteiger partial charge in [-0.1, -0.05) is 38.1 Å². The second-order valence-electron chi connectivity index (χ2n) is 6.69. The van der Waals surface area contributed by atoms with E-state index in [1.807, 2.05) is 24.3 Å². The van der Waals surface area contributed by atoms with Gasteiger partial charge in [-0.3, -0.25) is 4.79 Å². The van der Waals surface area contributed by atoms with Gasteiger partial charge in [-0.05, 0) is 54.7 Å². The molecule has 6 heteroatoms. The highest BCUT2D eigenvalue weighted by Crippen LogP contribution is 2.26. The van der Waals surface area contributed by atoms with Crippen LogP contribution < -0.4 is 10.1 Å². The van der Waals surface area contributed by atoms with Crippen LogP contribution in [0.15, 0.2) is 48.5 Å². The molecule has 0 spiro atoms. The van der Waals surface area contributed by atoms with E-state index in [-0.39, 0.29) is 11.7 Å². The quantitative estimate of drug-likeness (QED) is 0.505. The molecule has 29 heavy (non-hydrogen) atoms. The van der Waals surface area contributed by atoms with Crippen LogP contribution in [-0.2, 0) is 14.3 Å². The molecule has 0 aromatic heterocycles. The number of ether oxygens (including phenoxy) is 2. The van der Waals surface area contributed by atoms with Crippen LogP contribution in [0.25, 0.3) is 6.08 Å². The third-order valence-corrected chi connectivity index (χ3v) is 4.61. The average molecular weight is 399 g/mol. The van der Waals surface area contributed by atoms with Crippen molar-refractivity contribution < 1.29 is 23.5 Å². The van der Waals surface area contributed by atoms with Gasteiger partial charge in [-0.25, -0.2) is 9.18 Å². The Morgan fingerprint density at radius 3 is 2.55 bits per heavy atom. The average Bonchev–Trinajstić information content (AvgIpc) is 2.72. The van der Waals surface area contributed by atoms with Gasteiger partial charge in [0.1, 0.15) is 0 Å². The minimum atomic E-state index is -0.982. The molecule has 2 aromatic carbocycles. The molecule has 0 aliphatic rings. The summed E-state index contributed by atoms with van der Waals surface area (Å²) in [5.41, 5.74) is 2.21. The molecule has 0 saturated carbocycles. The largest absolute Gasteiger partial charge is 0.494 e. The van der Waals surface area contributed by atoms with Crippen LogP contribution in [0.5, 0.6) is 5.75 Å². The van der Waals surface area contributed by atoms with Crippen molar-refractivity contribution in [1.29, 1.82) is 0 Å². The molecule has 0 aliphatic carbocycles. The first-order valence-corrected chi connectivity index (χ1v) is 9.47. The number of carbonyl (C=O) groups excluding carboxylic acids is 2. The van der Waals surface area contributed by atoms with E-state index in [9.17, 15) is 14.0 Å². The SMILES string of the molecule is CC[C@@H](C)c1ccccc1NC(=O)[C@H](C)OC(=O)/C=C/c1ccc(OC)c(F)c1. The van der Waals surface area contributed by atoms with E-state index >= 15 is 0 Å². The Bertz CT molecular complexity index is 894. The van der Waals surface area contributed by atoms with Crippen LogP contribution in [0, 0.1) is 5.82 Å². The van der Waals surface area contributed by atoms with Gasteiger partial charge >= 0.3 is 5.97 Å². The summed E-state index contributed by atoms with van der Waals surface area (Å²) in [7, 11) is 1.37. The van der Waals surface area contributed by atoms with Crippen molar-refractivity contribution >= 4 is 23.6 Å². The van der Waals surface area contributed by atoms with Crippen molar-refractivity contribution in [1.82, 2.24) is 0 Å². The maximum Gasteiger partial charge on any atom is 0.331 e. The summed E-state index contributed by atoms with van der Waals surface area (Å²) >= 11 is 0. The van der Waals surface area contributed by atoms with Crippen LogP contribution in [0.2, 0.25) is 0 Å². The molecule has 2 rings (SSSR count).